The van der Waals surface area contributed by atoms with Gasteiger partial charge in [-0.25, -0.2) is 4.90 Å². The van der Waals surface area contributed by atoms with Crippen LogP contribution in [0.5, 0.6) is 11.5 Å². The maximum atomic E-state index is 13.7. The van der Waals surface area contributed by atoms with Crippen LogP contribution in [0.1, 0.15) is 19.4 Å². The lowest BCUT2D eigenvalue weighted by molar-refractivity contribution is -0.121. The molecule has 31 heavy (non-hydrogen) atoms. The molecular formula is C24H26N2O5. The molecule has 2 amide bonds. The normalized spacial score (nSPS) is 21.7. The van der Waals surface area contributed by atoms with Gasteiger partial charge in [-0.05, 0) is 32.0 Å². The van der Waals surface area contributed by atoms with E-state index in [1.54, 1.807) is 44.6 Å². The third kappa shape index (κ3) is 3.77. The standard InChI is InChI=1S/C24H26N2O5/c1-15-13-25(14-16(2)31-15)22-21(19-10-5-6-11-20(19)30-4)23(27)26(24(22)28)17-8-7-9-18(12-17)29-3/h5-12,15-16H,13-14H2,1-4H3. The number of carbonyl (C=O) groups excluding carboxylic acids is 2. The van der Waals surface area contributed by atoms with Gasteiger partial charge >= 0.3 is 0 Å². The Kier molecular flexibility index (Phi) is 5.69. The highest BCUT2D eigenvalue weighted by Crippen LogP contribution is 2.39. The summed E-state index contributed by atoms with van der Waals surface area (Å²) in [6.45, 7) is 4.97. The molecule has 4 rings (SSSR count). The van der Waals surface area contributed by atoms with Crippen molar-refractivity contribution < 1.29 is 23.8 Å². The average Bonchev–Trinajstić information content (AvgIpc) is 3.02. The van der Waals surface area contributed by atoms with Crippen molar-refractivity contribution in [1.82, 2.24) is 4.90 Å². The van der Waals surface area contributed by atoms with Crippen molar-refractivity contribution in [3.8, 4) is 11.5 Å². The van der Waals surface area contributed by atoms with Crippen LogP contribution in [-0.4, -0.2) is 56.2 Å². The number of ether oxygens (including phenoxy) is 3. The molecule has 2 aromatic rings. The molecule has 0 saturated carbocycles. The van der Waals surface area contributed by atoms with Crippen molar-refractivity contribution in [3.05, 3.63) is 59.8 Å². The Morgan fingerprint density at radius 2 is 1.61 bits per heavy atom. The van der Waals surface area contributed by atoms with Gasteiger partial charge in [0.05, 0.1) is 37.7 Å². The van der Waals surface area contributed by atoms with Crippen LogP contribution in [0.3, 0.4) is 0 Å². The van der Waals surface area contributed by atoms with E-state index >= 15 is 0 Å². The number of imide groups is 1. The van der Waals surface area contributed by atoms with Crippen molar-refractivity contribution in [1.29, 1.82) is 0 Å². The van der Waals surface area contributed by atoms with Gasteiger partial charge in [-0.1, -0.05) is 24.3 Å². The minimum Gasteiger partial charge on any atom is -0.497 e. The molecule has 2 aliphatic heterocycles. The first-order valence-electron chi connectivity index (χ1n) is 10.3. The minimum absolute atomic E-state index is 0.0658. The molecule has 2 aromatic carbocycles. The molecule has 0 spiro atoms. The molecule has 2 aliphatic rings. The zero-order valence-electron chi connectivity index (χ0n) is 18.1. The summed E-state index contributed by atoms with van der Waals surface area (Å²) in [5.74, 6) is 0.363. The number of morpholine rings is 1. The Hall–Kier alpha value is -3.32. The Balaban J connectivity index is 1.87. The first-order chi connectivity index (χ1) is 14.9. The first kappa shape index (κ1) is 20.9. The molecule has 2 unspecified atom stereocenters. The van der Waals surface area contributed by atoms with Gasteiger partial charge in [0.1, 0.15) is 17.2 Å². The van der Waals surface area contributed by atoms with Gasteiger partial charge in [-0.3, -0.25) is 9.59 Å². The molecule has 0 aliphatic carbocycles. The summed E-state index contributed by atoms with van der Waals surface area (Å²) in [6, 6.07) is 14.2. The van der Waals surface area contributed by atoms with Gasteiger partial charge in [-0.2, -0.15) is 0 Å². The zero-order chi connectivity index (χ0) is 22.1. The summed E-state index contributed by atoms with van der Waals surface area (Å²) >= 11 is 0. The third-order valence-corrected chi connectivity index (χ3v) is 5.48. The van der Waals surface area contributed by atoms with Crippen molar-refractivity contribution in [3.63, 3.8) is 0 Å². The molecule has 2 heterocycles. The number of hydrogen-bond donors (Lipinski definition) is 0. The average molecular weight is 422 g/mol. The van der Waals surface area contributed by atoms with Crippen molar-refractivity contribution in [2.75, 3.05) is 32.2 Å². The van der Waals surface area contributed by atoms with Crippen LogP contribution in [0.4, 0.5) is 5.69 Å². The van der Waals surface area contributed by atoms with Crippen LogP contribution in [0.2, 0.25) is 0 Å². The molecule has 0 N–H and O–H groups in total. The lowest BCUT2D eigenvalue weighted by Gasteiger charge is -2.37. The highest BCUT2D eigenvalue weighted by molar-refractivity contribution is 6.45. The minimum atomic E-state index is -0.385. The largest absolute Gasteiger partial charge is 0.497 e. The Morgan fingerprint density at radius 1 is 0.903 bits per heavy atom. The molecule has 1 fully saturated rings. The summed E-state index contributed by atoms with van der Waals surface area (Å²) in [7, 11) is 3.10. The Bertz CT molecular complexity index is 1040. The molecule has 0 radical (unpaired) electrons. The lowest BCUT2D eigenvalue weighted by atomic mass is 10.0. The predicted molar refractivity (Wildman–Crippen MR) is 117 cm³/mol. The maximum Gasteiger partial charge on any atom is 0.282 e. The van der Waals surface area contributed by atoms with Crippen LogP contribution in [0.15, 0.2) is 54.2 Å². The van der Waals surface area contributed by atoms with E-state index in [4.69, 9.17) is 14.2 Å². The van der Waals surface area contributed by atoms with E-state index in [0.29, 0.717) is 47.1 Å². The molecule has 1 saturated heterocycles. The second-order valence-corrected chi connectivity index (χ2v) is 7.73. The fourth-order valence-electron chi connectivity index (χ4n) is 4.25. The van der Waals surface area contributed by atoms with E-state index in [1.807, 2.05) is 36.9 Å². The van der Waals surface area contributed by atoms with Gasteiger partial charge in [-0.15, -0.1) is 0 Å². The fourth-order valence-corrected chi connectivity index (χ4v) is 4.25. The number of nitrogens with zero attached hydrogens (tertiary/aromatic N) is 2. The molecule has 7 heteroatoms. The quantitative estimate of drug-likeness (QED) is 0.690. The molecular weight excluding hydrogens is 396 g/mol. The molecule has 162 valence electrons. The summed E-state index contributed by atoms with van der Waals surface area (Å²) in [5.41, 5.74) is 1.77. The monoisotopic (exact) mass is 422 g/mol. The maximum absolute atomic E-state index is 13.7. The lowest BCUT2D eigenvalue weighted by Crippen LogP contribution is -2.47. The SMILES string of the molecule is COc1cccc(N2C(=O)C(c3ccccc3OC)=C(N3CC(C)OC(C)C3)C2=O)c1. The second-order valence-electron chi connectivity index (χ2n) is 7.73. The van der Waals surface area contributed by atoms with Crippen LogP contribution < -0.4 is 14.4 Å². The van der Waals surface area contributed by atoms with Crippen LogP contribution in [0, 0.1) is 0 Å². The predicted octanol–water partition coefficient (Wildman–Crippen LogP) is 3.10. The van der Waals surface area contributed by atoms with E-state index in [1.165, 1.54) is 4.90 Å². The number of anilines is 1. The van der Waals surface area contributed by atoms with Gasteiger partial charge in [0.25, 0.3) is 11.8 Å². The summed E-state index contributed by atoms with van der Waals surface area (Å²) in [4.78, 5) is 30.6. The van der Waals surface area contributed by atoms with E-state index in [2.05, 4.69) is 0 Å². The van der Waals surface area contributed by atoms with Crippen molar-refractivity contribution >= 4 is 23.1 Å². The molecule has 2 atom stereocenters. The summed E-state index contributed by atoms with van der Waals surface area (Å²) in [5, 5.41) is 0. The fraction of sp³-hybridized carbons (Fsp3) is 0.333. The van der Waals surface area contributed by atoms with Gasteiger partial charge in [0.15, 0.2) is 0 Å². The van der Waals surface area contributed by atoms with Crippen molar-refractivity contribution in [2.24, 2.45) is 0 Å². The smallest absolute Gasteiger partial charge is 0.282 e. The van der Waals surface area contributed by atoms with Gasteiger partial charge in [0, 0.05) is 24.7 Å². The Labute approximate surface area is 181 Å². The van der Waals surface area contributed by atoms with E-state index in [0.717, 1.165) is 0 Å². The molecule has 0 aromatic heterocycles. The number of para-hydroxylation sites is 1. The highest BCUT2D eigenvalue weighted by atomic mass is 16.5. The number of methoxy groups -OCH3 is 2. The zero-order valence-corrected chi connectivity index (χ0v) is 18.1. The molecule has 0 bridgehead atoms. The van der Waals surface area contributed by atoms with E-state index in [-0.39, 0.29) is 24.0 Å². The first-order valence-corrected chi connectivity index (χ1v) is 10.3. The third-order valence-electron chi connectivity index (χ3n) is 5.48. The van der Waals surface area contributed by atoms with E-state index < -0.39 is 0 Å². The van der Waals surface area contributed by atoms with E-state index in [9.17, 15) is 9.59 Å². The van der Waals surface area contributed by atoms with Crippen LogP contribution in [0.25, 0.3) is 5.57 Å². The number of hydrogen-bond acceptors (Lipinski definition) is 6. The second kappa shape index (κ2) is 8.43. The number of amides is 2. The topological polar surface area (TPSA) is 68.3 Å². The molecule has 7 nitrogen and oxygen atoms in total. The van der Waals surface area contributed by atoms with Crippen LogP contribution in [-0.2, 0) is 14.3 Å². The number of rotatable bonds is 5. The van der Waals surface area contributed by atoms with Crippen molar-refractivity contribution in [2.45, 2.75) is 26.1 Å². The van der Waals surface area contributed by atoms with Gasteiger partial charge < -0.3 is 19.1 Å². The number of carbonyl (C=O) groups is 2. The number of benzene rings is 2. The Morgan fingerprint density at radius 3 is 2.29 bits per heavy atom. The van der Waals surface area contributed by atoms with Crippen LogP contribution >= 0.6 is 0 Å². The highest BCUT2D eigenvalue weighted by Gasteiger charge is 2.44. The summed E-state index contributed by atoms with van der Waals surface area (Å²) in [6.07, 6.45) is -0.132. The summed E-state index contributed by atoms with van der Waals surface area (Å²) < 4.78 is 16.7. The van der Waals surface area contributed by atoms with Gasteiger partial charge in [0.2, 0.25) is 0 Å².